The van der Waals surface area contributed by atoms with Crippen LogP contribution in [0.4, 0.5) is 5.69 Å². The maximum absolute atomic E-state index is 12.7. The molecule has 0 unspecified atom stereocenters. The van der Waals surface area contributed by atoms with Gasteiger partial charge in [-0.3, -0.25) is 19.7 Å². The van der Waals surface area contributed by atoms with Gasteiger partial charge in [-0.25, -0.2) is 4.79 Å². The molecule has 0 aliphatic heterocycles. The summed E-state index contributed by atoms with van der Waals surface area (Å²) in [6.45, 7) is 5.09. The van der Waals surface area contributed by atoms with Crippen molar-refractivity contribution in [2.75, 3.05) is 14.2 Å². The highest BCUT2D eigenvalue weighted by molar-refractivity contribution is 5.90. The van der Waals surface area contributed by atoms with Gasteiger partial charge in [-0.05, 0) is 18.4 Å². The van der Waals surface area contributed by atoms with Crippen molar-refractivity contribution >= 4 is 23.5 Å². The largest absolute Gasteiger partial charge is 0.496 e. The Morgan fingerprint density at radius 1 is 1.14 bits per heavy atom. The number of nitrogens with zero attached hydrogens (tertiary/aromatic N) is 1. The SMILES string of the molecule is COC(=O)[C@H](Cc1cc([N+](=O)[O-])ccc1OC)NC(=O)[C@H](CC(C)C)NC(C)=O. The van der Waals surface area contributed by atoms with Crippen molar-refractivity contribution in [2.24, 2.45) is 5.92 Å². The van der Waals surface area contributed by atoms with Crippen molar-refractivity contribution < 1.29 is 28.8 Å². The summed E-state index contributed by atoms with van der Waals surface area (Å²) in [5, 5.41) is 16.2. The van der Waals surface area contributed by atoms with Gasteiger partial charge in [0.05, 0.1) is 19.1 Å². The fraction of sp³-hybridized carbons (Fsp3) is 0.526. The quantitative estimate of drug-likeness (QED) is 0.338. The van der Waals surface area contributed by atoms with Crippen LogP contribution in [0, 0.1) is 16.0 Å². The number of amides is 2. The second-order valence-corrected chi connectivity index (χ2v) is 6.92. The van der Waals surface area contributed by atoms with Gasteiger partial charge < -0.3 is 20.1 Å². The van der Waals surface area contributed by atoms with Crippen LogP contribution in [0.5, 0.6) is 5.75 Å². The van der Waals surface area contributed by atoms with Crippen LogP contribution in [0.25, 0.3) is 0 Å². The van der Waals surface area contributed by atoms with E-state index < -0.39 is 28.9 Å². The molecule has 0 heterocycles. The third-order valence-electron chi connectivity index (χ3n) is 4.10. The van der Waals surface area contributed by atoms with E-state index in [2.05, 4.69) is 10.6 Å². The summed E-state index contributed by atoms with van der Waals surface area (Å²) >= 11 is 0. The van der Waals surface area contributed by atoms with Crippen LogP contribution >= 0.6 is 0 Å². The lowest BCUT2D eigenvalue weighted by Gasteiger charge is -2.23. The zero-order valence-electron chi connectivity index (χ0n) is 17.2. The first kappa shape index (κ1) is 23.9. The minimum atomic E-state index is -1.12. The molecule has 0 saturated heterocycles. The summed E-state index contributed by atoms with van der Waals surface area (Å²) in [6.07, 6.45) is 0.289. The number of nitrogens with one attached hydrogen (secondary N) is 2. The van der Waals surface area contributed by atoms with Crippen molar-refractivity contribution in [3.63, 3.8) is 0 Å². The molecule has 29 heavy (non-hydrogen) atoms. The molecule has 0 aliphatic rings. The molecule has 1 rings (SSSR count). The lowest BCUT2D eigenvalue weighted by Crippen LogP contribution is -2.52. The molecule has 1 aromatic carbocycles. The zero-order chi connectivity index (χ0) is 22.1. The molecule has 0 aromatic heterocycles. The third kappa shape index (κ3) is 7.40. The van der Waals surface area contributed by atoms with Crippen LogP contribution in [-0.2, 0) is 25.5 Å². The number of hydrogen-bond donors (Lipinski definition) is 2. The molecule has 160 valence electrons. The van der Waals surface area contributed by atoms with E-state index in [0.29, 0.717) is 17.7 Å². The van der Waals surface area contributed by atoms with Crippen LogP contribution in [0.15, 0.2) is 18.2 Å². The summed E-state index contributed by atoms with van der Waals surface area (Å²) in [5.74, 6) is -1.20. The highest BCUT2D eigenvalue weighted by Crippen LogP contribution is 2.25. The number of hydrogen-bond acceptors (Lipinski definition) is 7. The van der Waals surface area contributed by atoms with Crippen LogP contribution in [0.2, 0.25) is 0 Å². The standard InChI is InChI=1S/C19H27N3O7/c1-11(2)8-15(20-12(3)23)18(24)21-16(19(25)29-5)10-13-9-14(22(26)27)6-7-17(13)28-4/h6-7,9,11,15-16H,8,10H2,1-5H3,(H,20,23)(H,21,24)/t15-,16-/m0/s1. The predicted molar refractivity (Wildman–Crippen MR) is 104 cm³/mol. The molecule has 10 nitrogen and oxygen atoms in total. The lowest BCUT2D eigenvalue weighted by atomic mass is 10.0. The van der Waals surface area contributed by atoms with Crippen molar-refractivity contribution in [1.29, 1.82) is 0 Å². The number of nitro groups is 1. The first-order valence-electron chi connectivity index (χ1n) is 9.05. The van der Waals surface area contributed by atoms with E-state index in [0.717, 1.165) is 0 Å². The van der Waals surface area contributed by atoms with Gasteiger partial charge in [0.25, 0.3) is 5.69 Å². The highest BCUT2D eigenvalue weighted by atomic mass is 16.6. The van der Waals surface area contributed by atoms with Crippen molar-refractivity contribution in [3.8, 4) is 5.75 Å². The number of esters is 1. The van der Waals surface area contributed by atoms with Gasteiger partial charge in [-0.1, -0.05) is 13.8 Å². The molecular weight excluding hydrogens is 382 g/mol. The number of carbonyl (C=O) groups excluding carboxylic acids is 3. The second kappa shape index (κ2) is 11.0. The van der Waals surface area contributed by atoms with E-state index in [1.165, 1.54) is 39.3 Å². The smallest absolute Gasteiger partial charge is 0.328 e. The van der Waals surface area contributed by atoms with Gasteiger partial charge in [0.2, 0.25) is 11.8 Å². The second-order valence-electron chi connectivity index (χ2n) is 6.92. The Kier molecular flexibility index (Phi) is 9.04. The monoisotopic (exact) mass is 409 g/mol. The maximum Gasteiger partial charge on any atom is 0.328 e. The summed E-state index contributed by atoms with van der Waals surface area (Å²) < 4.78 is 9.97. The molecule has 10 heteroatoms. The highest BCUT2D eigenvalue weighted by Gasteiger charge is 2.28. The minimum Gasteiger partial charge on any atom is -0.496 e. The summed E-state index contributed by atoms with van der Waals surface area (Å²) in [4.78, 5) is 46.9. The summed E-state index contributed by atoms with van der Waals surface area (Å²) in [6, 6.07) is 2.03. The Balaban J connectivity index is 3.13. The molecule has 0 aliphatic carbocycles. The fourth-order valence-electron chi connectivity index (χ4n) is 2.81. The van der Waals surface area contributed by atoms with Crippen LogP contribution in [0.1, 0.15) is 32.8 Å². The van der Waals surface area contributed by atoms with Crippen LogP contribution in [0.3, 0.4) is 0 Å². The predicted octanol–water partition coefficient (Wildman–Crippen LogP) is 1.35. The third-order valence-corrected chi connectivity index (χ3v) is 4.10. The Bertz CT molecular complexity index is 764. The van der Waals surface area contributed by atoms with Gasteiger partial charge in [0, 0.05) is 31.0 Å². The molecule has 0 fully saturated rings. The first-order chi connectivity index (χ1) is 13.6. The van der Waals surface area contributed by atoms with Gasteiger partial charge in [0.15, 0.2) is 0 Å². The average molecular weight is 409 g/mol. The van der Waals surface area contributed by atoms with Gasteiger partial charge in [-0.2, -0.15) is 0 Å². The van der Waals surface area contributed by atoms with E-state index in [9.17, 15) is 24.5 Å². The molecule has 0 bridgehead atoms. The summed E-state index contributed by atoms with van der Waals surface area (Å²) in [5.41, 5.74) is 0.184. The molecule has 0 saturated carbocycles. The van der Waals surface area contributed by atoms with E-state index in [1.807, 2.05) is 13.8 Å². The van der Waals surface area contributed by atoms with E-state index in [1.54, 1.807) is 0 Å². The zero-order valence-corrected chi connectivity index (χ0v) is 17.2. The molecule has 0 spiro atoms. The number of methoxy groups -OCH3 is 2. The molecule has 1 aromatic rings. The van der Waals surface area contributed by atoms with Gasteiger partial charge in [0.1, 0.15) is 17.8 Å². The van der Waals surface area contributed by atoms with Crippen LogP contribution < -0.4 is 15.4 Å². The Labute approximate surface area is 169 Å². The minimum absolute atomic E-state index is 0.0856. The number of benzene rings is 1. The topological polar surface area (TPSA) is 137 Å². The maximum atomic E-state index is 12.7. The first-order valence-corrected chi connectivity index (χ1v) is 9.05. The molecular formula is C19H27N3O7. The average Bonchev–Trinajstić information content (AvgIpc) is 2.65. The molecule has 2 amide bonds. The number of non-ortho nitro benzene ring substituents is 1. The number of carbonyl (C=O) groups is 3. The number of nitro benzene ring substituents is 1. The van der Waals surface area contributed by atoms with Crippen molar-refractivity contribution in [3.05, 3.63) is 33.9 Å². The normalized spacial score (nSPS) is 12.6. The molecule has 2 atom stereocenters. The van der Waals surface area contributed by atoms with Gasteiger partial charge >= 0.3 is 5.97 Å². The fourth-order valence-corrected chi connectivity index (χ4v) is 2.81. The lowest BCUT2D eigenvalue weighted by molar-refractivity contribution is -0.384. The molecule has 0 radical (unpaired) electrons. The van der Waals surface area contributed by atoms with Crippen molar-refractivity contribution in [2.45, 2.75) is 45.7 Å². The summed E-state index contributed by atoms with van der Waals surface area (Å²) in [7, 11) is 2.57. The van der Waals surface area contributed by atoms with E-state index in [-0.39, 0.29) is 23.9 Å². The Hall–Kier alpha value is -3.17. The van der Waals surface area contributed by atoms with Crippen molar-refractivity contribution in [1.82, 2.24) is 10.6 Å². The van der Waals surface area contributed by atoms with Crippen LogP contribution in [-0.4, -0.2) is 49.0 Å². The number of ether oxygens (including phenoxy) is 2. The number of rotatable bonds is 10. The van der Waals surface area contributed by atoms with E-state index in [4.69, 9.17) is 9.47 Å². The Morgan fingerprint density at radius 3 is 2.28 bits per heavy atom. The van der Waals surface area contributed by atoms with E-state index >= 15 is 0 Å². The Morgan fingerprint density at radius 2 is 1.79 bits per heavy atom. The molecule has 2 N–H and O–H groups in total. The van der Waals surface area contributed by atoms with Gasteiger partial charge in [-0.15, -0.1) is 0 Å².